The van der Waals surface area contributed by atoms with Gasteiger partial charge in [0.05, 0.1) is 0 Å². The van der Waals surface area contributed by atoms with Crippen molar-refractivity contribution in [1.29, 1.82) is 0 Å². The van der Waals surface area contributed by atoms with Crippen molar-refractivity contribution in [3.05, 3.63) is 0 Å². The Morgan fingerprint density at radius 2 is 1.79 bits per heavy atom. The molecule has 0 bridgehead atoms. The summed E-state index contributed by atoms with van der Waals surface area (Å²) in [6.45, 7) is 7.29. The summed E-state index contributed by atoms with van der Waals surface area (Å²) < 4.78 is 0. The first-order valence-corrected chi connectivity index (χ1v) is 8.45. The number of hydrogen-bond acceptors (Lipinski definition) is 2. The SMILES string of the molecule is CCC[C@@H](C)CC[C@H](CC)C1(N)CCC(CO)CC1. The minimum atomic E-state index is 0.0480. The van der Waals surface area contributed by atoms with E-state index in [-0.39, 0.29) is 5.54 Å². The van der Waals surface area contributed by atoms with Crippen molar-refractivity contribution >= 4 is 0 Å². The first kappa shape index (κ1) is 17.0. The third-order valence-corrected chi connectivity index (χ3v) is 5.39. The van der Waals surface area contributed by atoms with Crippen LogP contribution in [0, 0.1) is 17.8 Å². The zero-order valence-corrected chi connectivity index (χ0v) is 13.3. The van der Waals surface area contributed by atoms with Gasteiger partial charge in [0, 0.05) is 12.1 Å². The predicted octanol–water partition coefficient (Wildman–Crippen LogP) is 4.11. The molecular weight excluding hydrogens is 234 g/mol. The summed E-state index contributed by atoms with van der Waals surface area (Å²) >= 11 is 0. The van der Waals surface area contributed by atoms with Gasteiger partial charge in [0.25, 0.3) is 0 Å². The van der Waals surface area contributed by atoms with Crippen molar-refractivity contribution in [2.45, 2.75) is 84.1 Å². The summed E-state index contributed by atoms with van der Waals surface area (Å²) in [4.78, 5) is 0. The molecular formula is C17H35NO. The number of nitrogens with two attached hydrogens (primary N) is 1. The molecule has 1 saturated carbocycles. The lowest BCUT2D eigenvalue weighted by atomic mass is 9.68. The first-order chi connectivity index (χ1) is 9.05. The molecule has 0 unspecified atom stereocenters. The summed E-state index contributed by atoms with van der Waals surface area (Å²) in [5.74, 6) is 2.02. The van der Waals surface area contributed by atoms with Crippen molar-refractivity contribution in [3.63, 3.8) is 0 Å². The fourth-order valence-electron chi connectivity index (χ4n) is 3.83. The molecule has 2 heteroatoms. The van der Waals surface area contributed by atoms with E-state index in [0.29, 0.717) is 18.4 Å². The number of hydrogen-bond donors (Lipinski definition) is 2. The van der Waals surface area contributed by atoms with E-state index >= 15 is 0 Å². The van der Waals surface area contributed by atoms with Crippen LogP contribution in [0.15, 0.2) is 0 Å². The highest BCUT2D eigenvalue weighted by atomic mass is 16.3. The second-order valence-electron chi connectivity index (χ2n) is 6.94. The molecule has 0 aromatic heterocycles. The molecule has 0 saturated heterocycles. The second kappa shape index (κ2) is 8.26. The fraction of sp³-hybridized carbons (Fsp3) is 1.00. The first-order valence-electron chi connectivity index (χ1n) is 8.45. The van der Waals surface area contributed by atoms with Crippen LogP contribution in [0.3, 0.4) is 0 Å². The number of aliphatic hydroxyl groups excluding tert-OH is 1. The van der Waals surface area contributed by atoms with E-state index in [1.54, 1.807) is 0 Å². The van der Waals surface area contributed by atoms with Crippen LogP contribution >= 0.6 is 0 Å². The summed E-state index contributed by atoms with van der Waals surface area (Å²) in [6.07, 6.45) is 10.9. The molecule has 0 spiro atoms. The standard InChI is InChI=1S/C17H35NO/c1-4-6-14(3)7-8-16(5-2)17(18)11-9-15(13-19)10-12-17/h14-16,19H,4-13,18H2,1-3H3/t14-,15?,16+,17?/m1/s1. The molecule has 0 aromatic rings. The van der Waals surface area contributed by atoms with E-state index in [1.807, 2.05) is 0 Å². The Morgan fingerprint density at radius 3 is 2.26 bits per heavy atom. The Morgan fingerprint density at radius 1 is 1.16 bits per heavy atom. The zero-order valence-electron chi connectivity index (χ0n) is 13.3. The predicted molar refractivity (Wildman–Crippen MR) is 83.0 cm³/mol. The van der Waals surface area contributed by atoms with Gasteiger partial charge < -0.3 is 10.8 Å². The quantitative estimate of drug-likeness (QED) is 0.696. The Kier molecular flexibility index (Phi) is 7.38. The van der Waals surface area contributed by atoms with Crippen LogP contribution < -0.4 is 5.73 Å². The van der Waals surface area contributed by atoms with Gasteiger partial charge in [-0.2, -0.15) is 0 Å². The van der Waals surface area contributed by atoms with Crippen LogP contribution in [0.1, 0.15) is 78.6 Å². The average Bonchev–Trinajstić information content (AvgIpc) is 2.40. The molecule has 19 heavy (non-hydrogen) atoms. The fourth-order valence-corrected chi connectivity index (χ4v) is 3.83. The van der Waals surface area contributed by atoms with Crippen molar-refractivity contribution < 1.29 is 5.11 Å². The third kappa shape index (κ3) is 5.07. The van der Waals surface area contributed by atoms with Crippen molar-refractivity contribution in [1.82, 2.24) is 0 Å². The Balaban J connectivity index is 2.45. The molecule has 0 aliphatic heterocycles. The van der Waals surface area contributed by atoms with Gasteiger partial charge >= 0.3 is 0 Å². The van der Waals surface area contributed by atoms with Crippen LogP contribution in [0.5, 0.6) is 0 Å². The van der Waals surface area contributed by atoms with Gasteiger partial charge in [0.2, 0.25) is 0 Å². The van der Waals surface area contributed by atoms with E-state index in [2.05, 4.69) is 20.8 Å². The van der Waals surface area contributed by atoms with Crippen molar-refractivity contribution in [3.8, 4) is 0 Å². The molecule has 1 aliphatic rings. The third-order valence-electron chi connectivity index (χ3n) is 5.39. The Bertz CT molecular complexity index is 233. The highest BCUT2D eigenvalue weighted by Gasteiger charge is 2.37. The van der Waals surface area contributed by atoms with Crippen LogP contribution in [-0.4, -0.2) is 17.3 Å². The summed E-state index contributed by atoms with van der Waals surface area (Å²) in [6, 6.07) is 0. The monoisotopic (exact) mass is 269 g/mol. The largest absolute Gasteiger partial charge is 0.396 e. The van der Waals surface area contributed by atoms with Crippen molar-refractivity contribution in [2.24, 2.45) is 23.5 Å². The maximum Gasteiger partial charge on any atom is 0.0459 e. The zero-order chi connectivity index (χ0) is 14.3. The van der Waals surface area contributed by atoms with Crippen molar-refractivity contribution in [2.75, 3.05) is 6.61 Å². The van der Waals surface area contributed by atoms with Crippen LogP contribution in [0.25, 0.3) is 0 Å². The smallest absolute Gasteiger partial charge is 0.0459 e. The minimum absolute atomic E-state index is 0.0480. The van der Waals surface area contributed by atoms with Gasteiger partial charge in [-0.05, 0) is 49.9 Å². The van der Waals surface area contributed by atoms with Crippen LogP contribution in [0.2, 0.25) is 0 Å². The van der Waals surface area contributed by atoms with E-state index in [0.717, 1.165) is 31.6 Å². The van der Waals surface area contributed by atoms with E-state index in [4.69, 9.17) is 5.73 Å². The maximum absolute atomic E-state index is 9.25. The molecule has 0 heterocycles. The summed E-state index contributed by atoms with van der Waals surface area (Å²) in [5.41, 5.74) is 6.76. The maximum atomic E-state index is 9.25. The highest BCUT2D eigenvalue weighted by Crippen LogP contribution is 2.39. The van der Waals surface area contributed by atoms with Gasteiger partial charge in [-0.1, -0.05) is 46.5 Å². The molecule has 2 atom stereocenters. The van der Waals surface area contributed by atoms with Crippen LogP contribution in [-0.2, 0) is 0 Å². The molecule has 2 nitrogen and oxygen atoms in total. The van der Waals surface area contributed by atoms with Gasteiger partial charge in [-0.3, -0.25) is 0 Å². The van der Waals surface area contributed by atoms with E-state index in [9.17, 15) is 5.11 Å². The van der Waals surface area contributed by atoms with Crippen LogP contribution in [0.4, 0.5) is 0 Å². The normalized spacial score (nSPS) is 31.1. The topological polar surface area (TPSA) is 46.2 Å². The molecule has 1 rings (SSSR count). The highest BCUT2D eigenvalue weighted by molar-refractivity contribution is 4.94. The molecule has 114 valence electrons. The molecule has 1 fully saturated rings. The van der Waals surface area contributed by atoms with E-state index < -0.39 is 0 Å². The van der Waals surface area contributed by atoms with Gasteiger partial charge in [-0.15, -0.1) is 0 Å². The number of rotatable bonds is 8. The summed E-state index contributed by atoms with van der Waals surface area (Å²) in [7, 11) is 0. The van der Waals surface area contributed by atoms with Gasteiger partial charge in [0.15, 0.2) is 0 Å². The van der Waals surface area contributed by atoms with Gasteiger partial charge in [-0.25, -0.2) is 0 Å². The molecule has 3 N–H and O–H groups in total. The Hall–Kier alpha value is -0.0800. The average molecular weight is 269 g/mol. The lowest BCUT2D eigenvalue weighted by Gasteiger charge is -2.43. The summed E-state index contributed by atoms with van der Waals surface area (Å²) in [5, 5.41) is 9.25. The second-order valence-corrected chi connectivity index (χ2v) is 6.94. The molecule has 0 amide bonds. The lowest BCUT2D eigenvalue weighted by molar-refractivity contribution is 0.111. The number of aliphatic hydroxyl groups is 1. The minimum Gasteiger partial charge on any atom is -0.396 e. The molecule has 1 aliphatic carbocycles. The van der Waals surface area contributed by atoms with E-state index in [1.165, 1.54) is 32.1 Å². The molecule has 0 aromatic carbocycles. The van der Waals surface area contributed by atoms with Gasteiger partial charge in [0.1, 0.15) is 0 Å². The Labute approximate surface area is 120 Å². The molecule has 0 radical (unpaired) electrons. The lowest BCUT2D eigenvalue weighted by Crippen LogP contribution is -2.50.